The largest absolute Gasteiger partial charge is 0.458 e. The molecular formula is C20H18BrNO2. The predicted octanol–water partition coefficient (Wildman–Crippen LogP) is 4.66. The third-order valence-corrected chi connectivity index (χ3v) is 5.31. The average Bonchev–Trinajstić information content (AvgIpc) is 2.87. The minimum Gasteiger partial charge on any atom is -0.458 e. The van der Waals surface area contributed by atoms with E-state index in [0.29, 0.717) is 5.56 Å². The molecule has 0 aliphatic heterocycles. The van der Waals surface area contributed by atoms with Crippen molar-refractivity contribution in [3.63, 3.8) is 0 Å². The first-order valence-electron chi connectivity index (χ1n) is 8.15. The zero-order valence-electron chi connectivity index (χ0n) is 13.5. The number of aryl methyl sites for hydroxylation is 1. The van der Waals surface area contributed by atoms with Gasteiger partial charge in [-0.2, -0.15) is 0 Å². The fourth-order valence-corrected chi connectivity index (χ4v) is 3.96. The van der Waals surface area contributed by atoms with Gasteiger partial charge in [-0.1, -0.05) is 40.2 Å². The first-order valence-corrected chi connectivity index (χ1v) is 8.94. The molecule has 0 amide bonds. The molecule has 1 unspecified atom stereocenters. The summed E-state index contributed by atoms with van der Waals surface area (Å²) in [5.74, 6) is -0.230. The molecule has 122 valence electrons. The van der Waals surface area contributed by atoms with Gasteiger partial charge in [0.05, 0.1) is 5.56 Å². The summed E-state index contributed by atoms with van der Waals surface area (Å²) in [6.45, 7) is 0. The number of carbonyl (C=O) groups is 1. The van der Waals surface area contributed by atoms with Crippen LogP contribution in [0.4, 0.5) is 0 Å². The average molecular weight is 384 g/mol. The minimum absolute atomic E-state index is 0.0561. The highest BCUT2D eigenvalue weighted by molar-refractivity contribution is 9.10. The van der Waals surface area contributed by atoms with Crippen molar-refractivity contribution >= 4 is 32.8 Å². The first kappa shape index (κ1) is 15.5. The SMILES string of the molecule is Cn1c2c(c3ccc(Br)cc31)CC(OC(=O)c1ccccc1)CC2. The van der Waals surface area contributed by atoms with Gasteiger partial charge in [0.1, 0.15) is 6.10 Å². The second-order valence-corrected chi connectivity index (χ2v) is 7.20. The van der Waals surface area contributed by atoms with Crippen LogP contribution >= 0.6 is 15.9 Å². The van der Waals surface area contributed by atoms with Gasteiger partial charge in [-0.25, -0.2) is 4.79 Å². The van der Waals surface area contributed by atoms with Gasteiger partial charge >= 0.3 is 5.97 Å². The molecule has 2 aromatic carbocycles. The number of esters is 1. The Morgan fingerprint density at radius 3 is 2.79 bits per heavy atom. The fraction of sp³-hybridized carbons (Fsp3) is 0.250. The van der Waals surface area contributed by atoms with Gasteiger partial charge in [-0.3, -0.25) is 0 Å². The topological polar surface area (TPSA) is 31.2 Å². The van der Waals surface area contributed by atoms with E-state index in [0.717, 1.165) is 23.7 Å². The molecule has 1 aliphatic rings. The number of rotatable bonds is 2. The van der Waals surface area contributed by atoms with Crippen molar-refractivity contribution in [1.82, 2.24) is 4.57 Å². The van der Waals surface area contributed by atoms with Crippen LogP contribution in [0.3, 0.4) is 0 Å². The summed E-state index contributed by atoms with van der Waals surface area (Å²) in [4.78, 5) is 12.3. The monoisotopic (exact) mass is 383 g/mol. The standard InChI is InChI=1S/C20H18BrNO2/c1-22-18-10-8-15(24-20(23)13-5-3-2-4-6-13)12-17(18)16-9-7-14(21)11-19(16)22/h2-7,9,11,15H,8,10,12H2,1H3. The third-order valence-electron chi connectivity index (χ3n) is 4.82. The van der Waals surface area contributed by atoms with Gasteiger partial charge < -0.3 is 9.30 Å². The normalized spacial score (nSPS) is 16.8. The van der Waals surface area contributed by atoms with Crippen molar-refractivity contribution in [2.24, 2.45) is 7.05 Å². The Bertz CT molecular complexity index is 914. The van der Waals surface area contributed by atoms with Crippen molar-refractivity contribution in [3.8, 4) is 0 Å². The number of nitrogens with zero attached hydrogens (tertiary/aromatic N) is 1. The lowest BCUT2D eigenvalue weighted by atomic mass is 9.93. The van der Waals surface area contributed by atoms with Crippen LogP contribution in [0.2, 0.25) is 0 Å². The molecule has 4 rings (SSSR count). The molecule has 1 aliphatic carbocycles. The summed E-state index contributed by atoms with van der Waals surface area (Å²) >= 11 is 3.55. The van der Waals surface area contributed by atoms with Crippen molar-refractivity contribution in [3.05, 3.63) is 69.8 Å². The van der Waals surface area contributed by atoms with E-state index in [1.54, 1.807) is 12.1 Å². The third kappa shape index (κ3) is 2.65. The molecule has 0 spiro atoms. The molecule has 1 aromatic heterocycles. The van der Waals surface area contributed by atoms with Crippen LogP contribution in [-0.4, -0.2) is 16.6 Å². The van der Waals surface area contributed by atoms with Gasteiger partial charge in [0, 0.05) is 34.5 Å². The Labute approximate surface area is 149 Å². The van der Waals surface area contributed by atoms with Gasteiger partial charge in [-0.15, -0.1) is 0 Å². The highest BCUT2D eigenvalue weighted by atomic mass is 79.9. The number of hydrogen-bond acceptors (Lipinski definition) is 2. The van der Waals surface area contributed by atoms with E-state index >= 15 is 0 Å². The fourth-order valence-electron chi connectivity index (χ4n) is 3.61. The maximum Gasteiger partial charge on any atom is 0.338 e. The van der Waals surface area contributed by atoms with Crippen LogP contribution in [0.15, 0.2) is 53.0 Å². The zero-order chi connectivity index (χ0) is 16.7. The smallest absolute Gasteiger partial charge is 0.338 e. The molecule has 0 N–H and O–H groups in total. The quantitative estimate of drug-likeness (QED) is 0.602. The van der Waals surface area contributed by atoms with Crippen LogP contribution in [-0.2, 0) is 24.6 Å². The van der Waals surface area contributed by atoms with Crippen LogP contribution in [0.1, 0.15) is 28.0 Å². The molecule has 0 saturated carbocycles. The molecule has 1 heterocycles. The van der Waals surface area contributed by atoms with Crippen molar-refractivity contribution in [2.75, 3.05) is 0 Å². The van der Waals surface area contributed by atoms with Crippen LogP contribution < -0.4 is 0 Å². The molecule has 24 heavy (non-hydrogen) atoms. The van der Waals surface area contributed by atoms with E-state index in [9.17, 15) is 4.79 Å². The number of hydrogen-bond donors (Lipinski definition) is 0. The van der Waals surface area contributed by atoms with Crippen molar-refractivity contribution in [1.29, 1.82) is 0 Å². The summed E-state index contributed by atoms with van der Waals surface area (Å²) in [5, 5.41) is 1.26. The maximum absolute atomic E-state index is 12.3. The van der Waals surface area contributed by atoms with Crippen molar-refractivity contribution < 1.29 is 9.53 Å². The van der Waals surface area contributed by atoms with Crippen LogP contribution in [0.25, 0.3) is 10.9 Å². The van der Waals surface area contributed by atoms with Crippen LogP contribution in [0.5, 0.6) is 0 Å². The van der Waals surface area contributed by atoms with E-state index in [1.807, 2.05) is 18.2 Å². The minimum atomic E-state index is -0.230. The first-order chi connectivity index (χ1) is 11.6. The Morgan fingerprint density at radius 2 is 2.00 bits per heavy atom. The predicted molar refractivity (Wildman–Crippen MR) is 98.3 cm³/mol. The number of aromatic nitrogens is 1. The number of carbonyl (C=O) groups excluding carboxylic acids is 1. The summed E-state index contributed by atoms with van der Waals surface area (Å²) in [5.41, 5.74) is 4.52. The molecule has 0 bridgehead atoms. The van der Waals surface area contributed by atoms with E-state index in [-0.39, 0.29) is 12.1 Å². The summed E-state index contributed by atoms with van der Waals surface area (Å²) in [7, 11) is 2.11. The van der Waals surface area contributed by atoms with Crippen molar-refractivity contribution in [2.45, 2.75) is 25.4 Å². The lowest BCUT2D eigenvalue weighted by Gasteiger charge is -2.23. The molecule has 3 aromatic rings. The second kappa shape index (κ2) is 6.10. The van der Waals surface area contributed by atoms with E-state index in [2.05, 4.69) is 45.7 Å². The highest BCUT2D eigenvalue weighted by Crippen LogP contribution is 2.34. The Morgan fingerprint density at radius 1 is 1.21 bits per heavy atom. The van der Waals surface area contributed by atoms with E-state index < -0.39 is 0 Å². The Balaban J connectivity index is 1.61. The molecule has 1 atom stereocenters. The molecule has 4 heteroatoms. The molecule has 0 fully saturated rings. The molecule has 0 saturated heterocycles. The number of benzene rings is 2. The lowest BCUT2D eigenvalue weighted by Crippen LogP contribution is -2.26. The molecule has 0 radical (unpaired) electrons. The van der Waals surface area contributed by atoms with E-state index in [4.69, 9.17) is 4.74 Å². The number of halogens is 1. The maximum atomic E-state index is 12.3. The number of ether oxygens (including phenoxy) is 1. The summed E-state index contributed by atoms with van der Waals surface area (Å²) in [6.07, 6.45) is 2.54. The summed E-state index contributed by atoms with van der Waals surface area (Å²) < 4.78 is 9.11. The highest BCUT2D eigenvalue weighted by Gasteiger charge is 2.27. The van der Waals surface area contributed by atoms with E-state index in [1.165, 1.54) is 22.2 Å². The second-order valence-electron chi connectivity index (χ2n) is 6.28. The molecule has 3 nitrogen and oxygen atoms in total. The van der Waals surface area contributed by atoms with Gasteiger partial charge in [0.25, 0.3) is 0 Å². The summed E-state index contributed by atoms with van der Waals surface area (Å²) in [6, 6.07) is 15.6. The number of fused-ring (bicyclic) bond motifs is 3. The van der Waals surface area contributed by atoms with Gasteiger partial charge in [0.2, 0.25) is 0 Å². The lowest BCUT2D eigenvalue weighted by molar-refractivity contribution is 0.0270. The zero-order valence-corrected chi connectivity index (χ0v) is 15.0. The van der Waals surface area contributed by atoms with Gasteiger partial charge in [0.15, 0.2) is 0 Å². The van der Waals surface area contributed by atoms with Gasteiger partial charge in [-0.05, 0) is 42.7 Å². The molecular weight excluding hydrogens is 366 g/mol. The Kier molecular flexibility index (Phi) is 3.93. The Hall–Kier alpha value is -2.07. The van der Waals surface area contributed by atoms with Crippen LogP contribution in [0, 0.1) is 0 Å².